The molecule has 2 aromatic rings. The molecule has 2 N–H and O–H groups in total. The summed E-state index contributed by atoms with van der Waals surface area (Å²) in [4.78, 5) is 24.5. The third-order valence-corrected chi connectivity index (χ3v) is 4.34. The molecule has 1 aliphatic rings. The Morgan fingerprint density at radius 1 is 0.963 bits per heavy atom. The topological polar surface area (TPSA) is 102 Å². The summed E-state index contributed by atoms with van der Waals surface area (Å²) in [6, 6.07) is 16.6. The number of carbonyl (C=O) groups is 2. The van der Waals surface area contributed by atoms with E-state index in [0.29, 0.717) is 5.56 Å². The Balaban J connectivity index is 1.71. The fraction of sp³-hybridized carbons (Fsp3) is 0.300. The molecule has 1 aliphatic heterocycles. The standard InChI is InChI=1S/C20H20O7/c1-20(12-25-17(22)13-8-4-2-5-9-13)16(15(21)19(24)27-20)26-18(23)14-10-6-3-7-11-14/h2-11,15-16,19,21,24H,12H2,1H3. The van der Waals surface area contributed by atoms with Crippen LogP contribution in [0.3, 0.4) is 0 Å². The smallest absolute Gasteiger partial charge is 0.338 e. The van der Waals surface area contributed by atoms with Crippen LogP contribution in [-0.2, 0) is 14.2 Å². The van der Waals surface area contributed by atoms with Crippen LogP contribution in [0.15, 0.2) is 60.7 Å². The van der Waals surface area contributed by atoms with Gasteiger partial charge in [0, 0.05) is 0 Å². The van der Waals surface area contributed by atoms with Crippen molar-refractivity contribution in [1.82, 2.24) is 0 Å². The number of carbonyl (C=O) groups excluding carboxylic acids is 2. The molecule has 0 spiro atoms. The van der Waals surface area contributed by atoms with E-state index in [-0.39, 0.29) is 12.2 Å². The van der Waals surface area contributed by atoms with Gasteiger partial charge in [0.25, 0.3) is 0 Å². The molecular weight excluding hydrogens is 352 g/mol. The lowest BCUT2D eigenvalue weighted by atomic mass is 9.98. The second-order valence-electron chi connectivity index (χ2n) is 6.45. The van der Waals surface area contributed by atoms with Gasteiger partial charge in [0.1, 0.15) is 18.3 Å². The summed E-state index contributed by atoms with van der Waals surface area (Å²) in [6.07, 6.45) is -4.26. The van der Waals surface area contributed by atoms with Gasteiger partial charge in [-0.1, -0.05) is 36.4 Å². The third-order valence-electron chi connectivity index (χ3n) is 4.34. The predicted octanol–water partition coefficient (Wildman–Crippen LogP) is 1.54. The summed E-state index contributed by atoms with van der Waals surface area (Å²) in [6.45, 7) is 1.18. The van der Waals surface area contributed by atoms with Crippen molar-refractivity contribution in [3.05, 3.63) is 71.8 Å². The van der Waals surface area contributed by atoms with Crippen LogP contribution in [0.5, 0.6) is 0 Å². The highest BCUT2D eigenvalue weighted by Gasteiger charge is 2.55. The first-order chi connectivity index (χ1) is 12.9. The van der Waals surface area contributed by atoms with E-state index in [9.17, 15) is 19.8 Å². The lowest BCUT2D eigenvalue weighted by Gasteiger charge is -2.29. The van der Waals surface area contributed by atoms with E-state index in [0.717, 1.165) is 0 Å². The summed E-state index contributed by atoms with van der Waals surface area (Å²) in [5.74, 6) is -1.28. The molecule has 0 saturated carbocycles. The number of benzene rings is 2. The van der Waals surface area contributed by atoms with Crippen molar-refractivity contribution >= 4 is 11.9 Å². The van der Waals surface area contributed by atoms with Crippen LogP contribution in [0.1, 0.15) is 27.6 Å². The molecule has 0 radical (unpaired) electrons. The molecule has 0 aromatic heterocycles. The number of hydrogen-bond acceptors (Lipinski definition) is 7. The van der Waals surface area contributed by atoms with Crippen molar-refractivity contribution < 1.29 is 34.0 Å². The van der Waals surface area contributed by atoms with Gasteiger partial charge in [-0.05, 0) is 31.2 Å². The molecule has 3 rings (SSSR count). The number of ether oxygens (including phenoxy) is 3. The van der Waals surface area contributed by atoms with E-state index >= 15 is 0 Å². The normalized spacial score (nSPS) is 27.1. The van der Waals surface area contributed by atoms with Crippen LogP contribution in [0.4, 0.5) is 0 Å². The van der Waals surface area contributed by atoms with Gasteiger partial charge in [0.2, 0.25) is 0 Å². The Bertz CT molecular complexity index is 792. The van der Waals surface area contributed by atoms with Crippen molar-refractivity contribution in [1.29, 1.82) is 0 Å². The minimum Gasteiger partial charge on any atom is -0.459 e. The van der Waals surface area contributed by atoms with E-state index < -0.39 is 36.0 Å². The average Bonchev–Trinajstić information content (AvgIpc) is 2.91. The maximum absolute atomic E-state index is 12.3. The lowest BCUT2D eigenvalue weighted by Crippen LogP contribution is -2.47. The van der Waals surface area contributed by atoms with Crippen LogP contribution in [0.25, 0.3) is 0 Å². The van der Waals surface area contributed by atoms with Crippen molar-refractivity contribution in [2.45, 2.75) is 31.0 Å². The molecule has 7 heteroatoms. The highest BCUT2D eigenvalue weighted by atomic mass is 16.7. The van der Waals surface area contributed by atoms with Crippen LogP contribution < -0.4 is 0 Å². The van der Waals surface area contributed by atoms with Crippen molar-refractivity contribution in [3.8, 4) is 0 Å². The fourth-order valence-corrected chi connectivity index (χ4v) is 2.86. The monoisotopic (exact) mass is 372 g/mol. The fourth-order valence-electron chi connectivity index (χ4n) is 2.86. The molecule has 7 nitrogen and oxygen atoms in total. The second-order valence-corrected chi connectivity index (χ2v) is 6.45. The van der Waals surface area contributed by atoms with Crippen LogP contribution in [-0.4, -0.2) is 52.9 Å². The maximum Gasteiger partial charge on any atom is 0.338 e. The number of rotatable bonds is 5. The van der Waals surface area contributed by atoms with Gasteiger partial charge in [-0.2, -0.15) is 0 Å². The molecule has 0 amide bonds. The van der Waals surface area contributed by atoms with Crippen molar-refractivity contribution in [2.24, 2.45) is 0 Å². The minimum absolute atomic E-state index is 0.287. The van der Waals surface area contributed by atoms with E-state index in [1.54, 1.807) is 60.7 Å². The van der Waals surface area contributed by atoms with Crippen molar-refractivity contribution in [2.75, 3.05) is 6.61 Å². The number of aliphatic hydroxyl groups is 2. The zero-order chi connectivity index (χ0) is 19.4. The maximum atomic E-state index is 12.3. The van der Waals surface area contributed by atoms with Crippen LogP contribution in [0.2, 0.25) is 0 Å². The molecule has 4 unspecified atom stereocenters. The molecule has 0 aliphatic carbocycles. The highest BCUT2D eigenvalue weighted by molar-refractivity contribution is 5.90. The van der Waals surface area contributed by atoms with Gasteiger partial charge >= 0.3 is 11.9 Å². The molecule has 27 heavy (non-hydrogen) atoms. The summed E-state index contributed by atoms with van der Waals surface area (Å²) in [5, 5.41) is 20.0. The van der Waals surface area contributed by atoms with E-state index in [1.807, 2.05) is 0 Å². The highest BCUT2D eigenvalue weighted by Crippen LogP contribution is 2.33. The third kappa shape index (κ3) is 4.16. The number of esters is 2. The van der Waals surface area contributed by atoms with E-state index in [2.05, 4.69) is 0 Å². The molecule has 2 aromatic carbocycles. The van der Waals surface area contributed by atoms with Gasteiger partial charge in [-0.3, -0.25) is 0 Å². The largest absolute Gasteiger partial charge is 0.459 e. The predicted molar refractivity (Wildman–Crippen MR) is 93.9 cm³/mol. The minimum atomic E-state index is -1.57. The van der Waals surface area contributed by atoms with E-state index in [4.69, 9.17) is 14.2 Å². The number of aliphatic hydroxyl groups excluding tert-OH is 2. The Kier molecular flexibility index (Phi) is 5.55. The summed E-state index contributed by atoms with van der Waals surface area (Å²) < 4.78 is 16.0. The Labute approximate surface area is 156 Å². The quantitative estimate of drug-likeness (QED) is 0.768. The van der Waals surface area contributed by atoms with Gasteiger partial charge in [-0.15, -0.1) is 0 Å². The molecule has 4 atom stereocenters. The molecule has 1 heterocycles. The zero-order valence-corrected chi connectivity index (χ0v) is 14.6. The SMILES string of the molecule is CC1(COC(=O)c2ccccc2)OC(O)C(O)C1OC(=O)c1ccccc1. The van der Waals surface area contributed by atoms with Crippen LogP contribution in [0, 0.1) is 0 Å². The van der Waals surface area contributed by atoms with Gasteiger partial charge in [-0.25, -0.2) is 9.59 Å². The van der Waals surface area contributed by atoms with Crippen molar-refractivity contribution in [3.63, 3.8) is 0 Å². The number of hydrogen-bond donors (Lipinski definition) is 2. The van der Waals surface area contributed by atoms with Gasteiger partial charge in [0.15, 0.2) is 12.4 Å². The first kappa shape index (κ1) is 19.0. The lowest BCUT2D eigenvalue weighted by molar-refractivity contribution is -0.168. The van der Waals surface area contributed by atoms with E-state index in [1.165, 1.54) is 6.92 Å². The average molecular weight is 372 g/mol. The van der Waals surface area contributed by atoms with Crippen LogP contribution >= 0.6 is 0 Å². The summed E-state index contributed by atoms with van der Waals surface area (Å²) in [7, 11) is 0. The van der Waals surface area contributed by atoms with Gasteiger partial charge < -0.3 is 24.4 Å². The summed E-state index contributed by atoms with van der Waals surface area (Å²) >= 11 is 0. The summed E-state index contributed by atoms with van der Waals surface area (Å²) in [5.41, 5.74) is -0.777. The second kappa shape index (κ2) is 7.87. The first-order valence-corrected chi connectivity index (χ1v) is 8.43. The molecule has 1 fully saturated rings. The molecule has 0 bridgehead atoms. The molecule has 1 saturated heterocycles. The molecular formula is C20H20O7. The Morgan fingerprint density at radius 2 is 1.48 bits per heavy atom. The van der Waals surface area contributed by atoms with Gasteiger partial charge in [0.05, 0.1) is 11.1 Å². The first-order valence-electron chi connectivity index (χ1n) is 8.43. The zero-order valence-electron chi connectivity index (χ0n) is 14.6. The Morgan fingerprint density at radius 3 is 2.04 bits per heavy atom. The Hall–Kier alpha value is -2.74. The molecule has 142 valence electrons.